The summed E-state index contributed by atoms with van der Waals surface area (Å²) in [7, 11) is 0. The van der Waals surface area contributed by atoms with Gasteiger partial charge in [-0.3, -0.25) is 4.84 Å². The fraction of sp³-hybridized carbons (Fsp3) is 0.750. The lowest BCUT2D eigenvalue weighted by atomic mass is 10.2. The van der Waals surface area contributed by atoms with Gasteiger partial charge in [-0.2, -0.15) is 17.2 Å². The second kappa shape index (κ2) is 4.80. The fourth-order valence-corrected chi connectivity index (χ4v) is 2.26. The molecule has 1 fully saturated rings. The zero-order chi connectivity index (χ0) is 8.10. The van der Waals surface area contributed by atoms with Gasteiger partial charge < -0.3 is 0 Å². The molecule has 0 spiro atoms. The van der Waals surface area contributed by atoms with Crippen molar-refractivity contribution < 1.29 is 4.84 Å². The Balaban J connectivity index is 2.03. The summed E-state index contributed by atoms with van der Waals surface area (Å²) in [5, 5.41) is 0.778. The Morgan fingerprint density at radius 3 is 3.18 bits per heavy atom. The van der Waals surface area contributed by atoms with Crippen molar-refractivity contribution in [2.24, 2.45) is 0 Å². The average Bonchev–Trinajstić information content (AvgIpc) is 2.37. The van der Waals surface area contributed by atoms with Crippen LogP contribution < -0.4 is 5.48 Å². The van der Waals surface area contributed by atoms with Crippen LogP contribution in [0, 0.1) is 0 Å². The zero-order valence-corrected chi connectivity index (χ0v) is 7.69. The number of hydroxylamine groups is 1. The molecule has 0 bridgehead atoms. The summed E-state index contributed by atoms with van der Waals surface area (Å²) in [6, 6.07) is 0.537. The van der Waals surface area contributed by atoms with Crippen molar-refractivity contribution in [1.82, 2.24) is 5.48 Å². The van der Waals surface area contributed by atoms with Crippen LogP contribution in [0.15, 0.2) is 12.7 Å². The molecule has 2 nitrogen and oxygen atoms in total. The monoisotopic (exact) mass is 173 g/mol. The maximum absolute atomic E-state index is 5.13. The Morgan fingerprint density at radius 2 is 2.64 bits per heavy atom. The minimum absolute atomic E-state index is 0.537. The second-order valence-electron chi connectivity index (χ2n) is 2.79. The van der Waals surface area contributed by atoms with Crippen molar-refractivity contribution in [2.45, 2.75) is 24.6 Å². The van der Waals surface area contributed by atoms with Gasteiger partial charge in [-0.05, 0) is 6.42 Å². The van der Waals surface area contributed by atoms with Crippen LogP contribution in [0.25, 0.3) is 0 Å². The molecule has 0 aromatic rings. The largest absolute Gasteiger partial charge is 0.297 e. The van der Waals surface area contributed by atoms with Crippen molar-refractivity contribution in [2.75, 3.05) is 12.4 Å². The highest BCUT2D eigenvalue weighted by atomic mass is 32.2. The number of nitrogens with one attached hydrogen (secondary N) is 1. The molecule has 1 rings (SSSR count). The molecule has 0 aromatic carbocycles. The average molecular weight is 173 g/mol. The van der Waals surface area contributed by atoms with Gasteiger partial charge in [0.25, 0.3) is 0 Å². The van der Waals surface area contributed by atoms with Gasteiger partial charge in [0.1, 0.15) is 0 Å². The summed E-state index contributed by atoms with van der Waals surface area (Å²) in [4.78, 5) is 5.13. The number of rotatable bonds is 4. The molecule has 0 saturated carbocycles. The third kappa shape index (κ3) is 3.27. The summed E-state index contributed by atoms with van der Waals surface area (Å²) in [5.41, 5.74) is 3.02. The fourth-order valence-electron chi connectivity index (χ4n) is 1.12. The van der Waals surface area contributed by atoms with E-state index in [9.17, 15) is 0 Å². The minimum atomic E-state index is 0.537. The zero-order valence-electron chi connectivity index (χ0n) is 6.88. The first kappa shape index (κ1) is 9.10. The van der Waals surface area contributed by atoms with Gasteiger partial charge in [0.05, 0.1) is 6.61 Å². The van der Waals surface area contributed by atoms with Crippen LogP contribution in [0.1, 0.15) is 13.3 Å². The SMILES string of the molecule is C=CCONC1CSC(C)C1. The molecular formula is C8H15NOS. The van der Waals surface area contributed by atoms with Crippen LogP contribution >= 0.6 is 11.8 Å². The molecule has 64 valence electrons. The molecule has 1 aliphatic heterocycles. The van der Waals surface area contributed by atoms with Crippen LogP contribution in [0.4, 0.5) is 0 Å². The molecule has 0 amide bonds. The summed E-state index contributed by atoms with van der Waals surface area (Å²) in [6.07, 6.45) is 2.96. The highest BCUT2D eigenvalue weighted by Gasteiger charge is 2.21. The summed E-state index contributed by atoms with van der Waals surface area (Å²) in [6.45, 7) is 6.41. The van der Waals surface area contributed by atoms with E-state index in [0.29, 0.717) is 12.6 Å². The molecular weight excluding hydrogens is 158 g/mol. The highest BCUT2D eigenvalue weighted by molar-refractivity contribution is 8.00. The van der Waals surface area contributed by atoms with Gasteiger partial charge in [-0.25, -0.2) is 0 Å². The van der Waals surface area contributed by atoms with Gasteiger partial charge in [-0.1, -0.05) is 13.0 Å². The third-order valence-electron chi connectivity index (χ3n) is 1.65. The predicted molar refractivity (Wildman–Crippen MR) is 49.6 cm³/mol. The van der Waals surface area contributed by atoms with E-state index in [1.165, 1.54) is 6.42 Å². The van der Waals surface area contributed by atoms with Crippen molar-refractivity contribution in [3.63, 3.8) is 0 Å². The van der Waals surface area contributed by atoms with E-state index in [0.717, 1.165) is 11.0 Å². The lowest BCUT2D eigenvalue weighted by Gasteiger charge is -2.09. The van der Waals surface area contributed by atoms with Gasteiger partial charge in [-0.15, -0.1) is 6.58 Å². The smallest absolute Gasteiger partial charge is 0.0861 e. The lowest BCUT2D eigenvalue weighted by Crippen LogP contribution is -2.29. The van der Waals surface area contributed by atoms with E-state index < -0.39 is 0 Å². The van der Waals surface area contributed by atoms with E-state index in [4.69, 9.17) is 4.84 Å². The molecule has 1 aliphatic rings. The maximum atomic E-state index is 5.13. The van der Waals surface area contributed by atoms with Gasteiger partial charge in [0.2, 0.25) is 0 Å². The van der Waals surface area contributed by atoms with Crippen molar-refractivity contribution >= 4 is 11.8 Å². The Labute approximate surface area is 72.3 Å². The molecule has 1 saturated heterocycles. The maximum Gasteiger partial charge on any atom is 0.0861 e. The van der Waals surface area contributed by atoms with Crippen molar-refractivity contribution in [1.29, 1.82) is 0 Å². The van der Waals surface area contributed by atoms with E-state index in [-0.39, 0.29) is 0 Å². The van der Waals surface area contributed by atoms with E-state index >= 15 is 0 Å². The van der Waals surface area contributed by atoms with Crippen LogP contribution in [0.2, 0.25) is 0 Å². The van der Waals surface area contributed by atoms with Crippen LogP contribution in [0.3, 0.4) is 0 Å². The molecule has 1 heterocycles. The molecule has 0 aliphatic carbocycles. The second-order valence-corrected chi connectivity index (χ2v) is 4.27. The summed E-state index contributed by atoms with van der Waals surface area (Å²) >= 11 is 2.00. The molecule has 2 unspecified atom stereocenters. The predicted octanol–water partition coefficient (Wildman–Crippen LogP) is 1.59. The minimum Gasteiger partial charge on any atom is -0.297 e. The van der Waals surface area contributed by atoms with Crippen molar-refractivity contribution in [3.8, 4) is 0 Å². The number of thioether (sulfide) groups is 1. The highest BCUT2D eigenvalue weighted by Crippen LogP contribution is 2.25. The van der Waals surface area contributed by atoms with E-state index in [2.05, 4.69) is 19.0 Å². The normalized spacial score (nSPS) is 30.6. The van der Waals surface area contributed by atoms with Crippen molar-refractivity contribution in [3.05, 3.63) is 12.7 Å². The standard InChI is InChI=1S/C8H15NOS/c1-3-4-10-9-8-5-7(2)11-6-8/h3,7-9H,1,4-6H2,2H3. The molecule has 0 radical (unpaired) electrons. The molecule has 2 atom stereocenters. The molecule has 3 heteroatoms. The first-order valence-corrected chi connectivity index (χ1v) is 4.97. The first-order valence-electron chi connectivity index (χ1n) is 3.92. The Bertz CT molecular complexity index is 129. The third-order valence-corrected chi connectivity index (χ3v) is 3.01. The Hall–Kier alpha value is 0.0100. The summed E-state index contributed by atoms with van der Waals surface area (Å²) in [5.74, 6) is 1.16. The van der Waals surface area contributed by atoms with Crippen LogP contribution in [-0.2, 0) is 4.84 Å². The number of hydrogen-bond acceptors (Lipinski definition) is 3. The first-order chi connectivity index (χ1) is 5.33. The van der Waals surface area contributed by atoms with Gasteiger partial charge in [0, 0.05) is 17.0 Å². The van der Waals surface area contributed by atoms with Gasteiger partial charge >= 0.3 is 0 Å². The van der Waals surface area contributed by atoms with E-state index in [1.54, 1.807) is 6.08 Å². The molecule has 0 aromatic heterocycles. The topological polar surface area (TPSA) is 21.3 Å². The molecule has 11 heavy (non-hydrogen) atoms. The number of hydrogen-bond donors (Lipinski definition) is 1. The van der Waals surface area contributed by atoms with Crippen LogP contribution in [0.5, 0.6) is 0 Å². The Kier molecular flexibility index (Phi) is 3.97. The molecule has 1 N–H and O–H groups in total. The quantitative estimate of drug-likeness (QED) is 0.396. The van der Waals surface area contributed by atoms with Crippen LogP contribution in [-0.4, -0.2) is 23.7 Å². The van der Waals surface area contributed by atoms with Gasteiger partial charge in [0.15, 0.2) is 0 Å². The van der Waals surface area contributed by atoms with E-state index in [1.807, 2.05) is 11.8 Å². The lowest BCUT2D eigenvalue weighted by molar-refractivity contribution is 0.0404. The summed E-state index contributed by atoms with van der Waals surface area (Å²) < 4.78 is 0. The Morgan fingerprint density at radius 1 is 1.82 bits per heavy atom.